The van der Waals surface area contributed by atoms with Gasteiger partial charge in [-0.15, -0.1) is 0 Å². The van der Waals surface area contributed by atoms with Crippen LogP contribution < -0.4 is 0 Å². The molecule has 0 saturated carbocycles. The quantitative estimate of drug-likeness (QED) is 0.0169. The lowest BCUT2D eigenvalue weighted by Crippen LogP contribution is -2.30. The fourth-order valence-electron chi connectivity index (χ4n) is 12.2. The molecule has 0 fully saturated rings. The maximum Gasteiger partial charge on any atom is 0.472 e. The van der Waals surface area contributed by atoms with Crippen LogP contribution in [0.15, 0.2) is 24.3 Å². The maximum absolute atomic E-state index is 13.1. The first-order chi connectivity index (χ1) is 48.9. The normalized spacial score (nSPS) is 14.0. The van der Waals surface area contributed by atoms with E-state index in [4.69, 9.17) is 37.0 Å². The fourth-order valence-corrected chi connectivity index (χ4v) is 13.8. The van der Waals surface area contributed by atoms with Gasteiger partial charge in [0.1, 0.15) is 19.3 Å². The van der Waals surface area contributed by atoms with Crippen LogP contribution in [0, 0.1) is 11.8 Å². The summed E-state index contributed by atoms with van der Waals surface area (Å²) < 4.78 is 68.7. The number of aliphatic hydroxyl groups is 1. The smallest absolute Gasteiger partial charge is 0.462 e. The van der Waals surface area contributed by atoms with Gasteiger partial charge in [0.2, 0.25) is 0 Å². The Morgan fingerprint density at radius 1 is 0.307 bits per heavy atom. The molecule has 596 valence electrons. The maximum atomic E-state index is 13.1. The molecule has 3 N–H and O–H groups in total. The Hall–Kier alpha value is -2.46. The minimum absolute atomic E-state index is 0.102. The number of phosphoric acid groups is 2. The Balaban J connectivity index is 5.27. The number of unbranched alkanes of at least 4 members (excludes halogenated alkanes) is 46. The van der Waals surface area contributed by atoms with Crippen LogP contribution >= 0.6 is 15.6 Å². The molecule has 101 heavy (non-hydrogen) atoms. The van der Waals surface area contributed by atoms with E-state index in [1.54, 1.807) is 0 Å². The summed E-state index contributed by atoms with van der Waals surface area (Å²) in [6.45, 7) is 9.54. The summed E-state index contributed by atoms with van der Waals surface area (Å²) in [5, 5.41) is 10.6. The monoisotopic (exact) mass is 1480 g/mol. The fraction of sp³-hybridized carbons (Fsp3) is 0.902. The second-order valence-electron chi connectivity index (χ2n) is 29.8. The van der Waals surface area contributed by atoms with Crippen LogP contribution in [0.2, 0.25) is 0 Å². The van der Waals surface area contributed by atoms with Gasteiger partial charge in [0.15, 0.2) is 12.2 Å². The lowest BCUT2D eigenvalue weighted by atomic mass is 10.0. The van der Waals surface area contributed by atoms with Gasteiger partial charge >= 0.3 is 39.5 Å². The average Bonchev–Trinajstić information content (AvgIpc) is 1.20. The Morgan fingerprint density at radius 3 is 0.812 bits per heavy atom. The van der Waals surface area contributed by atoms with Gasteiger partial charge in [0.05, 0.1) is 26.4 Å². The molecule has 0 spiro atoms. The first-order valence-corrected chi connectivity index (χ1v) is 44.8. The van der Waals surface area contributed by atoms with Crippen LogP contribution in [-0.4, -0.2) is 96.7 Å². The van der Waals surface area contributed by atoms with Crippen molar-refractivity contribution in [1.29, 1.82) is 0 Å². The van der Waals surface area contributed by atoms with E-state index in [1.165, 1.54) is 205 Å². The third-order valence-corrected chi connectivity index (χ3v) is 20.5. The molecule has 0 aliphatic heterocycles. The Morgan fingerprint density at radius 2 is 0.535 bits per heavy atom. The van der Waals surface area contributed by atoms with Crippen LogP contribution in [0.25, 0.3) is 0 Å². The second kappa shape index (κ2) is 73.1. The van der Waals surface area contributed by atoms with E-state index in [1.807, 2.05) is 0 Å². The molecule has 0 aliphatic rings. The third-order valence-electron chi connectivity index (χ3n) is 18.6. The van der Waals surface area contributed by atoms with Gasteiger partial charge in [0.25, 0.3) is 0 Å². The van der Waals surface area contributed by atoms with Crippen LogP contribution in [0.3, 0.4) is 0 Å². The van der Waals surface area contributed by atoms with Crippen LogP contribution in [-0.2, 0) is 65.4 Å². The van der Waals surface area contributed by atoms with Crippen molar-refractivity contribution in [2.45, 2.75) is 426 Å². The Kier molecular flexibility index (Phi) is 71.3. The first-order valence-electron chi connectivity index (χ1n) is 41.8. The van der Waals surface area contributed by atoms with Gasteiger partial charge in [-0.2, -0.15) is 0 Å². The predicted molar refractivity (Wildman–Crippen MR) is 414 cm³/mol. The number of hydrogen-bond acceptors (Lipinski definition) is 15. The topological polar surface area (TPSA) is 237 Å². The number of rotatable bonds is 79. The van der Waals surface area contributed by atoms with E-state index in [2.05, 4.69) is 65.8 Å². The predicted octanol–water partition coefficient (Wildman–Crippen LogP) is 24.2. The molecule has 0 aromatic rings. The van der Waals surface area contributed by atoms with Crippen LogP contribution in [0.1, 0.15) is 408 Å². The molecule has 17 nitrogen and oxygen atoms in total. The lowest BCUT2D eigenvalue weighted by molar-refractivity contribution is -0.161. The van der Waals surface area contributed by atoms with Crippen molar-refractivity contribution in [2.75, 3.05) is 39.6 Å². The molecule has 2 unspecified atom stereocenters. The highest BCUT2D eigenvalue weighted by Gasteiger charge is 2.30. The molecule has 5 atom stereocenters. The third kappa shape index (κ3) is 75.6. The highest BCUT2D eigenvalue weighted by atomic mass is 31.2. The number of carbonyl (C=O) groups is 4. The van der Waals surface area contributed by atoms with Gasteiger partial charge in [-0.3, -0.25) is 37.3 Å². The van der Waals surface area contributed by atoms with E-state index < -0.39 is 97.5 Å². The molecule has 0 aromatic heterocycles. The van der Waals surface area contributed by atoms with Gasteiger partial charge in [-0.1, -0.05) is 355 Å². The molecule has 0 rings (SSSR count). The van der Waals surface area contributed by atoms with Gasteiger partial charge in [-0.05, 0) is 63.2 Å². The SMILES string of the molecule is CCCCCC/C=C\C=C/CCCCCCCC(=O)OC[C@H](COP(=O)(O)OC[C@@H](O)COP(=O)(O)OC[C@@H](COC(=O)CCCCCCCCCCC(C)C)OC(=O)CCCCCCCCCCCCCCC(C)C)OC(=O)CCCCCCCCCCCCCCCCCCCCCC. The Labute approximate surface area is 618 Å². The summed E-state index contributed by atoms with van der Waals surface area (Å²) in [5.74, 6) is -0.639. The molecular formula is C82H156O17P2. The molecular weight excluding hydrogens is 1320 g/mol. The number of ether oxygens (including phenoxy) is 4. The molecule has 0 bridgehead atoms. The lowest BCUT2D eigenvalue weighted by Gasteiger charge is -2.21. The van der Waals surface area contributed by atoms with E-state index in [0.717, 1.165) is 121 Å². The number of allylic oxidation sites excluding steroid dienone is 4. The number of hydrogen-bond donors (Lipinski definition) is 3. The van der Waals surface area contributed by atoms with Gasteiger partial charge in [0, 0.05) is 25.7 Å². The molecule has 0 saturated heterocycles. The molecule has 19 heteroatoms. The average molecular weight is 1480 g/mol. The van der Waals surface area contributed by atoms with Crippen molar-refractivity contribution in [2.24, 2.45) is 11.8 Å². The largest absolute Gasteiger partial charge is 0.472 e. The van der Waals surface area contributed by atoms with Gasteiger partial charge < -0.3 is 33.8 Å². The number of phosphoric ester groups is 2. The summed E-state index contributed by atoms with van der Waals surface area (Å²) >= 11 is 0. The molecule has 0 heterocycles. The summed E-state index contributed by atoms with van der Waals surface area (Å²) in [4.78, 5) is 73.0. The highest BCUT2D eigenvalue weighted by Crippen LogP contribution is 2.45. The molecule has 0 radical (unpaired) electrons. The van der Waals surface area contributed by atoms with Gasteiger partial charge in [-0.25, -0.2) is 9.13 Å². The summed E-state index contributed by atoms with van der Waals surface area (Å²) in [5.41, 5.74) is 0. The minimum Gasteiger partial charge on any atom is -0.462 e. The van der Waals surface area contributed by atoms with Crippen molar-refractivity contribution in [3.05, 3.63) is 24.3 Å². The Bertz CT molecular complexity index is 2040. The van der Waals surface area contributed by atoms with E-state index in [9.17, 15) is 43.2 Å². The zero-order valence-corrected chi connectivity index (χ0v) is 67.5. The van der Waals surface area contributed by atoms with Crippen molar-refractivity contribution >= 4 is 39.5 Å². The zero-order chi connectivity index (χ0) is 74.2. The number of esters is 4. The van der Waals surface area contributed by atoms with Crippen molar-refractivity contribution in [3.63, 3.8) is 0 Å². The first kappa shape index (κ1) is 98.5. The molecule has 0 aromatic carbocycles. The van der Waals surface area contributed by atoms with Crippen molar-refractivity contribution < 1.29 is 80.2 Å². The zero-order valence-electron chi connectivity index (χ0n) is 65.7. The summed E-state index contributed by atoms with van der Waals surface area (Å²) in [6, 6.07) is 0. The minimum atomic E-state index is -4.97. The second-order valence-corrected chi connectivity index (χ2v) is 32.7. The highest BCUT2D eigenvalue weighted by molar-refractivity contribution is 7.47. The molecule has 0 aliphatic carbocycles. The van der Waals surface area contributed by atoms with E-state index in [-0.39, 0.29) is 25.7 Å². The standard InChI is InChI=1S/C82H156O17P2/c1-7-9-11-13-15-17-19-21-23-24-25-26-27-29-31-36-40-48-54-60-66-81(86)98-77(70-92-79(84)64-58-52-46-39-35-30-28-22-20-18-16-14-12-10-8-2)72-96-100(88,89)94-68-76(83)69-95-101(90,91)97-73-78(71-93-80(85)65-59-53-47-43-42-45-51-57-63-75(5)6)99-82(87)67-61-55-49-41-37-33-32-34-38-44-50-56-62-74(3)4/h18,20,22,28,74-78,83H,7-17,19,21,23-27,29-73H2,1-6H3,(H,88,89)(H,90,91)/b20-18-,28-22-/t76-,77-,78-/m1/s1. The van der Waals surface area contributed by atoms with E-state index >= 15 is 0 Å². The van der Waals surface area contributed by atoms with Crippen LogP contribution in [0.5, 0.6) is 0 Å². The van der Waals surface area contributed by atoms with Crippen molar-refractivity contribution in [3.8, 4) is 0 Å². The number of aliphatic hydroxyl groups excluding tert-OH is 1. The summed E-state index contributed by atoms with van der Waals surface area (Å²) in [7, 11) is -9.93. The van der Waals surface area contributed by atoms with Crippen molar-refractivity contribution in [1.82, 2.24) is 0 Å². The summed E-state index contributed by atoms with van der Waals surface area (Å²) in [6.07, 6.45) is 66.1. The number of carbonyl (C=O) groups excluding carboxylic acids is 4. The van der Waals surface area contributed by atoms with Crippen LogP contribution in [0.4, 0.5) is 0 Å². The van der Waals surface area contributed by atoms with E-state index in [0.29, 0.717) is 25.7 Å². The molecule has 0 amide bonds.